The standard InChI is InChI=1S/C17H25NO2/c1-16(2,3)11-9-12(17(4,5)6)15-13(10-11)18-14(20-15)7-8-19/h9-10,19H,7-8H2,1-6H3. The van der Waals surface area contributed by atoms with Gasteiger partial charge < -0.3 is 9.52 Å². The Morgan fingerprint density at radius 2 is 1.70 bits per heavy atom. The van der Waals surface area contributed by atoms with E-state index in [9.17, 15) is 0 Å². The van der Waals surface area contributed by atoms with E-state index in [-0.39, 0.29) is 17.4 Å². The lowest BCUT2D eigenvalue weighted by molar-refractivity contribution is 0.286. The van der Waals surface area contributed by atoms with Crippen molar-refractivity contribution in [3.05, 3.63) is 29.2 Å². The van der Waals surface area contributed by atoms with Crippen LogP contribution in [-0.2, 0) is 17.3 Å². The number of aromatic nitrogens is 1. The maximum absolute atomic E-state index is 9.06. The average Bonchev–Trinajstić information content (AvgIpc) is 2.67. The lowest BCUT2D eigenvalue weighted by atomic mass is 9.80. The van der Waals surface area contributed by atoms with Gasteiger partial charge >= 0.3 is 0 Å². The third-order valence-electron chi connectivity index (χ3n) is 3.53. The first kappa shape index (κ1) is 15.0. The predicted molar refractivity (Wildman–Crippen MR) is 82.2 cm³/mol. The maximum Gasteiger partial charge on any atom is 0.197 e. The summed E-state index contributed by atoms with van der Waals surface area (Å²) in [6.07, 6.45) is 0.461. The van der Waals surface area contributed by atoms with Gasteiger partial charge in [0.2, 0.25) is 0 Å². The fraction of sp³-hybridized carbons (Fsp3) is 0.588. The van der Waals surface area contributed by atoms with Gasteiger partial charge in [0.25, 0.3) is 0 Å². The number of fused-ring (bicyclic) bond motifs is 1. The number of aliphatic hydroxyl groups excluding tert-OH is 1. The van der Waals surface area contributed by atoms with E-state index in [1.165, 1.54) is 11.1 Å². The molecule has 0 saturated carbocycles. The van der Waals surface area contributed by atoms with E-state index >= 15 is 0 Å². The minimum Gasteiger partial charge on any atom is -0.440 e. The second-order valence-electron chi connectivity index (χ2n) is 7.45. The molecule has 0 spiro atoms. The Morgan fingerprint density at radius 3 is 2.20 bits per heavy atom. The third kappa shape index (κ3) is 2.88. The monoisotopic (exact) mass is 275 g/mol. The molecule has 1 heterocycles. The largest absolute Gasteiger partial charge is 0.440 e. The summed E-state index contributed by atoms with van der Waals surface area (Å²) >= 11 is 0. The lowest BCUT2D eigenvalue weighted by Gasteiger charge is -2.24. The van der Waals surface area contributed by atoms with Gasteiger partial charge in [-0.25, -0.2) is 4.98 Å². The van der Waals surface area contributed by atoms with Crippen LogP contribution in [0.4, 0.5) is 0 Å². The molecule has 1 N–H and O–H groups in total. The molecule has 1 aromatic heterocycles. The van der Waals surface area contributed by atoms with Crippen molar-refractivity contribution in [1.82, 2.24) is 4.98 Å². The molecular formula is C17H25NO2. The van der Waals surface area contributed by atoms with Gasteiger partial charge in [-0.1, -0.05) is 47.6 Å². The summed E-state index contributed by atoms with van der Waals surface area (Å²) in [6, 6.07) is 4.34. The summed E-state index contributed by atoms with van der Waals surface area (Å²) in [5.41, 5.74) is 4.26. The summed E-state index contributed by atoms with van der Waals surface area (Å²) in [5.74, 6) is 0.610. The highest BCUT2D eigenvalue weighted by molar-refractivity contribution is 5.79. The maximum atomic E-state index is 9.06. The van der Waals surface area contributed by atoms with E-state index in [4.69, 9.17) is 9.52 Å². The Balaban J connectivity index is 2.72. The first-order chi connectivity index (χ1) is 9.13. The van der Waals surface area contributed by atoms with Crippen molar-refractivity contribution in [1.29, 1.82) is 0 Å². The molecule has 0 fully saturated rings. The van der Waals surface area contributed by atoms with Gasteiger partial charge in [-0.15, -0.1) is 0 Å². The Labute approximate surface area is 121 Å². The van der Waals surface area contributed by atoms with Crippen LogP contribution in [0.15, 0.2) is 16.5 Å². The van der Waals surface area contributed by atoms with E-state index in [2.05, 4.69) is 58.7 Å². The highest BCUT2D eigenvalue weighted by atomic mass is 16.3. The molecule has 3 heteroatoms. The number of benzene rings is 1. The summed E-state index contributed by atoms with van der Waals surface area (Å²) in [5, 5.41) is 9.06. The molecule has 0 atom stereocenters. The molecule has 20 heavy (non-hydrogen) atoms. The normalized spacial score (nSPS) is 13.2. The van der Waals surface area contributed by atoms with E-state index in [1.807, 2.05) is 0 Å². The van der Waals surface area contributed by atoms with E-state index in [0.717, 1.165) is 11.1 Å². The highest BCUT2D eigenvalue weighted by Crippen LogP contribution is 2.35. The minimum absolute atomic E-state index is 0.00444. The smallest absolute Gasteiger partial charge is 0.197 e. The number of aliphatic hydroxyl groups is 1. The summed E-state index contributed by atoms with van der Waals surface area (Å²) in [6.45, 7) is 13.2. The van der Waals surface area contributed by atoms with Crippen molar-refractivity contribution in [3.63, 3.8) is 0 Å². The molecule has 0 aliphatic heterocycles. The number of oxazole rings is 1. The fourth-order valence-corrected chi connectivity index (χ4v) is 2.27. The quantitative estimate of drug-likeness (QED) is 0.902. The molecule has 0 unspecified atom stereocenters. The summed E-state index contributed by atoms with van der Waals surface area (Å²) in [7, 11) is 0. The van der Waals surface area contributed by atoms with Crippen LogP contribution in [0.1, 0.15) is 58.6 Å². The molecule has 2 rings (SSSR count). The highest BCUT2D eigenvalue weighted by Gasteiger charge is 2.25. The van der Waals surface area contributed by atoms with E-state index in [0.29, 0.717) is 12.3 Å². The molecule has 110 valence electrons. The van der Waals surface area contributed by atoms with E-state index < -0.39 is 0 Å². The van der Waals surface area contributed by atoms with E-state index in [1.54, 1.807) is 0 Å². The number of hydrogen-bond acceptors (Lipinski definition) is 3. The molecular weight excluding hydrogens is 250 g/mol. The molecule has 0 aliphatic carbocycles. The van der Waals surface area contributed by atoms with Crippen LogP contribution in [0.3, 0.4) is 0 Å². The van der Waals surface area contributed by atoms with Gasteiger partial charge in [-0.2, -0.15) is 0 Å². The van der Waals surface area contributed by atoms with Crippen LogP contribution >= 0.6 is 0 Å². The van der Waals surface area contributed by atoms with Crippen LogP contribution in [0.2, 0.25) is 0 Å². The van der Waals surface area contributed by atoms with Crippen molar-refractivity contribution < 1.29 is 9.52 Å². The zero-order chi connectivity index (χ0) is 15.1. The Morgan fingerprint density at radius 1 is 1.05 bits per heavy atom. The molecule has 0 aliphatic rings. The summed E-state index contributed by atoms with van der Waals surface area (Å²) in [4.78, 5) is 4.52. The second kappa shape index (κ2) is 4.88. The zero-order valence-electron chi connectivity index (χ0n) is 13.4. The number of nitrogens with zero attached hydrogens (tertiary/aromatic N) is 1. The third-order valence-corrected chi connectivity index (χ3v) is 3.53. The van der Waals surface area contributed by atoms with Crippen molar-refractivity contribution >= 4 is 11.1 Å². The molecule has 0 bridgehead atoms. The molecule has 2 aromatic rings. The molecule has 0 amide bonds. The second-order valence-corrected chi connectivity index (χ2v) is 7.45. The fourth-order valence-electron chi connectivity index (χ4n) is 2.27. The number of rotatable bonds is 2. The van der Waals surface area contributed by atoms with Crippen LogP contribution in [0, 0.1) is 0 Å². The van der Waals surface area contributed by atoms with Gasteiger partial charge in [0.1, 0.15) is 5.52 Å². The minimum atomic E-state index is -0.00444. The number of hydrogen-bond donors (Lipinski definition) is 1. The van der Waals surface area contributed by atoms with Crippen molar-refractivity contribution in [2.75, 3.05) is 6.61 Å². The first-order valence-corrected chi connectivity index (χ1v) is 7.18. The van der Waals surface area contributed by atoms with Crippen LogP contribution < -0.4 is 0 Å². The molecule has 3 nitrogen and oxygen atoms in total. The van der Waals surface area contributed by atoms with Gasteiger partial charge in [-0.05, 0) is 22.5 Å². The lowest BCUT2D eigenvalue weighted by Crippen LogP contribution is -2.16. The van der Waals surface area contributed by atoms with Gasteiger partial charge in [0.05, 0.1) is 6.61 Å². The average molecular weight is 275 g/mol. The zero-order valence-corrected chi connectivity index (χ0v) is 13.4. The first-order valence-electron chi connectivity index (χ1n) is 7.18. The van der Waals surface area contributed by atoms with Gasteiger partial charge in [0, 0.05) is 12.0 Å². The van der Waals surface area contributed by atoms with Crippen LogP contribution in [-0.4, -0.2) is 16.7 Å². The molecule has 1 aromatic carbocycles. The van der Waals surface area contributed by atoms with Crippen LogP contribution in [0.5, 0.6) is 0 Å². The Bertz CT molecular complexity index is 612. The van der Waals surface area contributed by atoms with Crippen molar-refractivity contribution in [2.24, 2.45) is 0 Å². The SMILES string of the molecule is CC(C)(C)c1cc(C(C)(C)C)c2oc(CCO)nc2c1. The van der Waals surface area contributed by atoms with Gasteiger partial charge in [0.15, 0.2) is 11.5 Å². The van der Waals surface area contributed by atoms with Crippen LogP contribution in [0.25, 0.3) is 11.1 Å². The Kier molecular flexibility index (Phi) is 3.67. The molecule has 0 radical (unpaired) electrons. The van der Waals surface area contributed by atoms with Crippen molar-refractivity contribution in [2.45, 2.75) is 58.8 Å². The van der Waals surface area contributed by atoms with Crippen molar-refractivity contribution in [3.8, 4) is 0 Å². The Hall–Kier alpha value is -1.35. The van der Waals surface area contributed by atoms with Gasteiger partial charge in [-0.3, -0.25) is 0 Å². The summed E-state index contributed by atoms with van der Waals surface area (Å²) < 4.78 is 5.86. The topological polar surface area (TPSA) is 46.3 Å². The predicted octanol–water partition coefficient (Wildman–Crippen LogP) is 3.96. The molecule has 0 saturated heterocycles.